The molecule has 0 N–H and O–H groups in total. The molecule has 90 valence electrons. The fourth-order valence-electron chi connectivity index (χ4n) is 1.89. The van der Waals surface area contributed by atoms with E-state index in [0.29, 0.717) is 5.92 Å². The van der Waals surface area contributed by atoms with Crippen molar-refractivity contribution in [2.75, 3.05) is 0 Å². The molecular formula is C14H24N2. The van der Waals surface area contributed by atoms with Gasteiger partial charge in [-0.1, -0.05) is 41.0 Å². The summed E-state index contributed by atoms with van der Waals surface area (Å²) in [6, 6.07) is 0. The number of hydrogen-bond donors (Lipinski definition) is 0. The van der Waals surface area contributed by atoms with Gasteiger partial charge >= 0.3 is 0 Å². The summed E-state index contributed by atoms with van der Waals surface area (Å²) in [5, 5.41) is 0. The predicted molar refractivity (Wildman–Crippen MR) is 68.8 cm³/mol. The van der Waals surface area contributed by atoms with Crippen LogP contribution in [-0.4, -0.2) is 9.97 Å². The smallest absolute Gasteiger partial charge is 0.133 e. The second-order valence-corrected chi connectivity index (χ2v) is 5.70. The van der Waals surface area contributed by atoms with Crippen LogP contribution in [0.3, 0.4) is 0 Å². The molecule has 0 spiro atoms. The molecule has 0 radical (unpaired) electrons. The summed E-state index contributed by atoms with van der Waals surface area (Å²) >= 11 is 0. The normalized spacial score (nSPS) is 13.9. The van der Waals surface area contributed by atoms with Crippen LogP contribution in [0.1, 0.15) is 70.5 Å². The Hall–Kier alpha value is -0.920. The van der Waals surface area contributed by atoms with Gasteiger partial charge in [0.15, 0.2) is 0 Å². The third-order valence-corrected chi connectivity index (χ3v) is 2.87. The Morgan fingerprint density at radius 3 is 2.44 bits per heavy atom. The highest BCUT2D eigenvalue weighted by Crippen LogP contribution is 2.25. The van der Waals surface area contributed by atoms with Crippen LogP contribution in [0.15, 0.2) is 6.20 Å². The van der Waals surface area contributed by atoms with Crippen LogP contribution >= 0.6 is 0 Å². The van der Waals surface area contributed by atoms with Crippen molar-refractivity contribution in [3.8, 4) is 0 Å². The lowest BCUT2D eigenvalue weighted by molar-refractivity contribution is 0.531. The van der Waals surface area contributed by atoms with E-state index in [1.807, 2.05) is 6.20 Å². The van der Waals surface area contributed by atoms with E-state index in [2.05, 4.69) is 46.5 Å². The van der Waals surface area contributed by atoms with Gasteiger partial charge in [-0.2, -0.15) is 0 Å². The largest absolute Gasteiger partial charge is 0.241 e. The highest BCUT2D eigenvalue weighted by Gasteiger charge is 2.19. The summed E-state index contributed by atoms with van der Waals surface area (Å²) in [5.41, 5.74) is 2.48. The molecule has 0 aliphatic rings. The summed E-state index contributed by atoms with van der Waals surface area (Å²) in [7, 11) is 0. The van der Waals surface area contributed by atoms with E-state index in [-0.39, 0.29) is 5.41 Å². The first-order valence-electron chi connectivity index (χ1n) is 6.20. The fraction of sp³-hybridized carbons (Fsp3) is 0.714. The number of nitrogens with zero attached hydrogens (tertiary/aromatic N) is 2. The molecule has 1 rings (SSSR count). The van der Waals surface area contributed by atoms with Crippen LogP contribution in [0.4, 0.5) is 0 Å². The first-order valence-corrected chi connectivity index (χ1v) is 6.20. The van der Waals surface area contributed by atoms with E-state index < -0.39 is 0 Å². The molecule has 2 nitrogen and oxygen atoms in total. The standard InChI is InChI=1S/C14H24N2/c1-7-8-10(2)12-11(3)9-15-13(16-12)14(4,5)6/h9-10H,7-8H2,1-6H3. The molecule has 0 saturated carbocycles. The molecule has 0 saturated heterocycles. The summed E-state index contributed by atoms with van der Waals surface area (Å²) in [5.74, 6) is 1.49. The van der Waals surface area contributed by atoms with Crippen molar-refractivity contribution in [3.05, 3.63) is 23.3 Å². The number of aryl methyl sites for hydroxylation is 1. The average Bonchev–Trinajstić information content (AvgIpc) is 2.16. The average molecular weight is 220 g/mol. The van der Waals surface area contributed by atoms with Crippen LogP contribution in [0.5, 0.6) is 0 Å². The van der Waals surface area contributed by atoms with Gasteiger partial charge in [-0.25, -0.2) is 9.97 Å². The van der Waals surface area contributed by atoms with Crippen LogP contribution in [-0.2, 0) is 5.41 Å². The highest BCUT2D eigenvalue weighted by atomic mass is 14.9. The van der Waals surface area contributed by atoms with Crippen molar-refractivity contribution < 1.29 is 0 Å². The van der Waals surface area contributed by atoms with Gasteiger partial charge in [-0.15, -0.1) is 0 Å². The zero-order valence-electron chi connectivity index (χ0n) is 11.5. The quantitative estimate of drug-likeness (QED) is 0.770. The van der Waals surface area contributed by atoms with E-state index in [1.54, 1.807) is 0 Å². The molecule has 1 aromatic heterocycles. The van der Waals surface area contributed by atoms with Crippen molar-refractivity contribution >= 4 is 0 Å². The van der Waals surface area contributed by atoms with Gasteiger partial charge in [0.25, 0.3) is 0 Å². The minimum atomic E-state index is 0.0361. The molecule has 0 fully saturated rings. The molecule has 0 aromatic carbocycles. The lowest BCUT2D eigenvalue weighted by Gasteiger charge is -2.20. The van der Waals surface area contributed by atoms with Gasteiger partial charge in [0.05, 0.1) is 0 Å². The molecule has 1 atom stereocenters. The number of aromatic nitrogens is 2. The molecule has 1 aromatic rings. The van der Waals surface area contributed by atoms with Crippen molar-refractivity contribution in [1.29, 1.82) is 0 Å². The molecule has 16 heavy (non-hydrogen) atoms. The van der Waals surface area contributed by atoms with Gasteiger partial charge in [0, 0.05) is 17.3 Å². The molecular weight excluding hydrogens is 196 g/mol. The molecule has 2 heteroatoms. The maximum Gasteiger partial charge on any atom is 0.133 e. The maximum atomic E-state index is 4.75. The second-order valence-electron chi connectivity index (χ2n) is 5.70. The van der Waals surface area contributed by atoms with E-state index >= 15 is 0 Å². The second kappa shape index (κ2) is 4.94. The first-order chi connectivity index (χ1) is 7.36. The zero-order valence-corrected chi connectivity index (χ0v) is 11.5. The first kappa shape index (κ1) is 13.1. The third kappa shape index (κ3) is 3.03. The third-order valence-electron chi connectivity index (χ3n) is 2.87. The molecule has 0 amide bonds. The zero-order chi connectivity index (χ0) is 12.3. The van der Waals surface area contributed by atoms with Crippen molar-refractivity contribution in [2.45, 2.75) is 65.7 Å². The summed E-state index contributed by atoms with van der Waals surface area (Å²) in [6.07, 6.45) is 4.37. The Bertz CT molecular complexity index is 350. The van der Waals surface area contributed by atoms with Crippen LogP contribution in [0, 0.1) is 6.92 Å². The Kier molecular flexibility index (Phi) is 4.06. The predicted octanol–water partition coefficient (Wildman–Crippen LogP) is 3.99. The van der Waals surface area contributed by atoms with Crippen LogP contribution in [0.25, 0.3) is 0 Å². The number of hydrogen-bond acceptors (Lipinski definition) is 2. The molecule has 0 aliphatic heterocycles. The van der Waals surface area contributed by atoms with Crippen LogP contribution in [0.2, 0.25) is 0 Å². The van der Waals surface area contributed by atoms with Crippen LogP contribution < -0.4 is 0 Å². The molecule has 0 aliphatic carbocycles. The van der Waals surface area contributed by atoms with Gasteiger partial charge in [-0.05, 0) is 24.8 Å². The van der Waals surface area contributed by atoms with Crippen molar-refractivity contribution in [2.24, 2.45) is 0 Å². The molecule has 1 heterocycles. The van der Waals surface area contributed by atoms with E-state index in [4.69, 9.17) is 4.98 Å². The lowest BCUT2D eigenvalue weighted by atomic mass is 9.93. The summed E-state index contributed by atoms with van der Waals surface area (Å²) in [6.45, 7) is 13.1. The lowest BCUT2D eigenvalue weighted by Crippen LogP contribution is -2.18. The van der Waals surface area contributed by atoms with Crippen molar-refractivity contribution in [3.63, 3.8) is 0 Å². The SMILES string of the molecule is CCCC(C)c1nc(C(C)(C)C)ncc1C. The van der Waals surface area contributed by atoms with E-state index in [9.17, 15) is 0 Å². The highest BCUT2D eigenvalue weighted by molar-refractivity contribution is 5.21. The number of rotatable bonds is 3. The molecule has 1 unspecified atom stereocenters. The Morgan fingerprint density at radius 1 is 1.31 bits per heavy atom. The van der Waals surface area contributed by atoms with Crippen molar-refractivity contribution in [1.82, 2.24) is 9.97 Å². The monoisotopic (exact) mass is 220 g/mol. The van der Waals surface area contributed by atoms with Gasteiger partial charge in [0.1, 0.15) is 5.82 Å². The van der Waals surface area contributed by atoms with Gasteiger partial charge in [-0.3, -0.25) is 0 Å². The Balaban J connectivity index is 3.09. The van der Waals surface area contributed by atoms with Gasteiger partial charge in [0.2, 0.25) is 0 Å². The topological polar surface area (TPSA) is 25.8 Å². The maximum absolute atomic E-state index is 4.75. The minimum absolute atomic E-state index is 0.0361. The molecule has 0 bridgehead atoms. The summed E-state index contributed by atoms with van der Waals surface area (Å²) < 4.78 is 0. The van der Waals surface area contributed by atoms with E-state index in [0.717, 1.165) is 5.82 Å². The summed E-state index contributed by atoms with van der Waals surface area (Å²) in [4.78, 5) is 9.19. The Labute approximate surface area is 99.5 Å². The van der Waals surface area contributed by atoms with Gasteiger partial charge < -0.3 is 0 Å². The fourth-order valence-corrected chi connectivity index (χ4v) is 1.89. The van der Waals surface area contributed by atoms with E-state index in [1.165, 1.54) is 24.1 Å². The minimum Gasteiger partial charge on any atom is -0.241 e. The Morgan fingerprint density at radius 2 is 1.94 bits per heavy atom.